The second-order valence-corrected chi connectivity index (χ2v) is 5.65. The van der Waals surface area contributed by atoms with Gasteiger partial charge in [0.2, 0.25) is 0 Å². The number of nitrogens with zero attached hydrogens (tertiary/aromatic N) is 3. The van der Waals surface area contributed by atoms with Gasteiger partial charge >= 0.3 is 6.18 Å². The molecule has 0 saturated carbocycles. The Hall–Kier alpha value is -3.42. The van der Waals surface area contributed by atoms with Crippen molar-refractivity contribution in [2.75, 3.05) is 17.3 Å². The van der Waals surface area contributed by atoms with E-state index in [1.807, 2.05) is 30.3 Å². The third-order valence-electron chi connectivity index (χ3n) is 3.84. The highest BCUT2D eigenvalue weighted by Crippen LogP contribution is 2.34. The molecule has 3 rings (SSSR count). The molecular formula is C19H15F3N4O. The monoisotopic (exact) mass is 372 g/mol. The van der Waals surface area contributed by atoms with E-state index in [0.717, 1.165) is 11.8 Å². The number of hydrogen-bond donors (Lipinski definition) is 1. The van der Waals surface area contributed by atoms with Gasteiger partial charge in [-0.3, -0.25) is 4.79 Å². The lowest BCUT2D eigenvalue weighted by Gasteiger charge is -2.18. The molecule has 5 nitrogen and oxygen atoms in total. The molecule has 0 aliphatic rings. The van der Waals surface area contributed by atoms with Crippen LogP contribution in [0.3, 0.4) is 0 Å². The number of para-hydroxylation sites is 2. The highest BCUT2D eigenvalue weighted by Gasteiger charge is 2.33. The SMILES string of the molecule is CN(c1ccccc1)c1cnc(C(=O)Nc2ccccc2C(F)(F)F)cn1. The van der Waals surface area contributed by atoms with Gasteiger partial charge in [0.25, 0.3) is 5.91 Å². The summed E-state index contributed by atoms with van der Waals surface area (Å²) in [6, 6.07) is 14.2. The standard InChI is InChI=1S/C19H15F3N4O/c1-26(13-7-3-2-4-8-13)17-12-23-16(11-24-17)18(27)25-15-10-6-5-9-14(15)19(20,21)22/h2-12H,1H3,(H,25,27). The average molecular weight is 372 g/mol. The zero-order chi connectivity index (χ0) is 19.4. The van der Waals surface area contributed by atoms with Crippen LogP contribution in [0.15, 0.2) is 67.0 Å². The third kappa shape index (κ3) is 4.22. The molecule has 0 spiro atoms. The predicted octanol–water partition coefficient (Wildman–Crippen LogP) is 4.52. The van der Waals surface area contributed by atoms with Crippen LogP contribution in [0.4, 0.5) is 30.4 Å². The Morgan fingerprint density at radius 3 is 2.26 bits per heavy atom. The van der Waals surface area contributed by atoms with Gasteiger partial charge in [-0.2, -0.15) is 13.2 Å². The van der Waals surface area contributed by atoms with Crippen molar-refractivity contribution in [3.63, 3.8) is 0 Å². The van der Waals surface area contributed by atoms with Crippen molar-refractivity contribution in [1.82, 2.24) is 9.97 Å². The van der Waals surface area contributed by atoms with Crippen LogP contribution >= 0.6 is 0 Å². The summed E-state index contributed by atoms with van der Waals surface area (Å²) >= 11 is 0. The summed E-state index contributed by atoms with van der Waals surface area (Å²) in [5.41, 5.74) is -0.464. The van der Waals surface area contributed by atoms with Crippen LogP contribution in [0.25, 0.3) is 0 Å². The molecule has 0 radical (unpaired) electrons. The van der Waals surface area contributed by atoms with Crippen LogP contribution in [0.2, 0.25) is 0 Å². The second-order valence-electron chi connectivity index (χ2n) is 5.65. The van der Waals surface area contributed by atoms with Crippen molar-refractivity contribution in [2.24, 2.45) is 0 Å². The van der Waals surface area contributed by atoms with Gasteiger partial charge in [-0.1, -0.05) is 30.3 Å². The Morgan fingerprint density at radius 2 is 1.63 bits per heavy atom. The largest absolute Gasteiger partial charge is 0.418 e. The van der Waals surface area contributed by atoms with E-state index >= 15 is 0 Å². The summed E-state index contributed by atoms with van der Waals surface area (Å²) in [4.78, 5) is 22.2. The van der Waals surface area contributed by atoms with Gasteiger partial charge in [0.1, 0.15) is 5.69 Å². The maximum atomic E-state index is 13.0. The van der Waals surface area contributed by atoms with Gasteiger partial charge < -0.3 is 10.2 Å². The fourth-order valence-electron chi connectivity index (χ4n) is 2.42. The van der Waals surface area contributed by atoms with Gasteiger partial charge in [0.05, 0.1) is 23.6 Å². The molecule has 0 fully saturated rings. The molecule has 0 atom stereocenters. The number of rotatable bonds is 4. The third-order valence-corrected chi connectivity index (χ3v) is 3.84. The zero-order valence-corrected chi connectivity index (χ0v) is 14.2. The van der Waals surface area contributed by atoms with E-state index in [1.54, 1.807) is 11.9 Å². The highest BCUT2D eigenvalue weighted by molar-refractivity contribution is 6.03. The molecule has 8 heteroatoms. The first-order valence-electron chi connectivity index (χ1n) is 7.94. The van der Waals surface area contributed by atoms with Crippen LogP contribution in [0.1, 0.15) is 16.1 Å². The molecular weight excluding hydrogens is 357 g/mol. The van der Waals surface area contributed by atoms with Crippen LogP contribution < -0.4 is 10.2 Å². The van der Waals surface area contributed by atoms with Crippen molar-refractivity contribution in [3.05, 3.63) is 78.2 Å². The Morgan fingerprint density at radius 1 is 0.963 bits per heavy atom. The molecule has 1 heterocycles. The molecule has 1 N–H and O–H groups in total. The number of amides is 1. The van der Waals surface area contributed by atoms with Gasteiger partial charge in [0, 0.05) is 12.7 Å². The van der Waals surface area contributed by atoms with E-state index in [-0.39, 0.29) is 11.4 Å². The van der Waals surface area contributed by atoms with Gasteiger partial charge in [-0.05, 0) is 24.3 Å². The number of aromatic nitrogens is 2. The number of hydrogen-bond acceptors (Lipinski definition) is 4. The van der Waals surface area contributed by atoms with Crippen LogP contribution in [-0.4, -0.2) is 22.9 Å². The molecule has 0 unspecified atom stereocenters. The van der Waals surface area contributed by atoms with Gasteiger partial charge in [-0.15, -0.1) is 0 Å². The number of benzene rings is 2. The van der Waals surface area contributed by atoms with Crippen molar-refractivity contribution in [1.29, 1.82) is 0 Å². The number of carbonyl (C=O) groups is 1. The van der Waals surface area contributed by atoms with E-state index in [1.165, 1.54) is 30.6 Å². The molecule has 0 saturated heterocycles. The van der Waals surface area contributed by atoms with E-state index in [9.17, 15) is 18.0 Å². The number of anilines is 3. The molecule has 0 aliphatic carbocycles. The molecule has 138 valence electrons. The smallest absolute Gasteiger partial charge is 0.328 e. The van der Waals surface area contributed by atoms with E-state index < -0.39 is 17.6 Å². The average Bonchev–Trinajstić information content (AvgIpc) is 2.68. The lowest BCUT2D eigenvalue weighted by atomic mass is 10.1. The summed E-state index contributed by atoms with van der Waals surface area (Å²) in [6.45, 7) is 0. The van der Waals surface area contributed by atoms with Gasteiger partial charge in [0.15, 0.2) is 5.82 Å². The lowest BCUT2D eigenvalue weighted by molar-refractivity contribution is -0.136. The van der Waals surface area contributed by atoms with Crippen molar-refractivity contribution >= 4 is 23.1 Å². The number of carbonyl (C=O) groups excluding carboxylic acids is 1. The summed E-state index contributed by atoms with van der Waals surface area (Å²) in [7, 11) is 1.79. The topological polar surface area (TPSA) is 58.1 Å². The van der Waals surface area contributed by atoms with E-state index in [0.29, 0.717) is 5.82 Å². The summed E-state index contributed by atoms with van der Waals surface area (Å²) < 4.78 is 39.1. The fraction of sp³-hybridized carbons (Fsp3) is 0.105. The van der Waals surface area contributed by atoms with Crippen molar-refractivity contribution in [3.8, 4) is 0 Å². The lowest BCUT2D eigenvalue weighted by Crippen LogP contribution is -2.18. The number of alkyl halides is 3. The summed E-state index contributed by atoms with van der Waals surface area (Å²) in [6.07, 6.45) is -1.96. The normalized spacial score (nSPS) is 11.1. The maximum absolute atomic E-state index is 13.0. The van der Waals surface area contributed by atoms with Crippen molar-refractivity contribution < 1.29 is 18.0 Å². The summed E-state index contributed by atoms with van der Waals surface area (Å²) in [5.74, 6) is -0.276. The molecule has 0 bridgehead atoms. The summed E-state index contributed by atoms with van der Waals surface area (Å²) in [5, 5.41) is 2.24. The Bertz CT molecular complexity index is 928. The van der Waals surface area contributed by atoms with Crippen molar-refractivity contribution in [2.45, 2.75) is 6.18 Å². The quantitative estimate of drug-likeness (QED) is 0.732. The Labute approximate surface area is 153 Å². The van der Waals surface area contributed by atoms with Crippen LogP contribution in [0.5, 0.6) is 0 Å². The number of halogens is 3. The van der Waals surface area contributed by atoms with E-state index in [4.69, 9.17) is 0 Å². The van der Waals surface area contributed by atoms with E-state index in [2.05, 4.69) is 15.3 Å². The second kappa shape index (κ2) is 7.45. The zero-order valence-electron chi connectivity index (χ0n) is 14.2. The molecule has 2 aromatic carbocycles. The molecule has 1 aromatic heterocycles. The first kappa shape index (κ1) is 18.4. The van der Waals surface area contributed by atoms with Gasteiger partial charge in [-0.25, -0.2) is 9.97 Å². The van der Waals surface area contributed by atoms with Crippen LogP contribution in [0, 0.1) is 0 Å². The molecule has 3 aromatic rings. The minimum Gasteiger partial charge on any atom is -0.328 e. The first-order chi connectivity index (χ1) is 12.9. The van der Waals surface area contributed by atoms with Crippen LogP contribution in [-0.2, 0) is 6.18 Å². The molecule has 27 heavy (non-hydrogen) atoms. The Kier molecular flexibility index (Phi) is 5.07. The minimum atomic E-state index is -4.57. The Balaban J connectivity index is 1.77. The number of nitrogens with one attached hydrogen (secondary N) is 1. The maximum Gasteiger partial charge on any atom is 0.418 e. The fourth-order valence-corrected chi connectivity index (χ4v) is 2.42. The molecule has 1 amide bonds. The molecule has 0 aliphatic heterocycles. The predicted molar refractivity (Wildman–Crippen MR) is 95.9 cm³/mol. The minimum absolute atomic E-state index is 0.0859. The highest BCUT2D eigenvalue weighted by atomic mass is 19.4. The first-order valence-corrected chi connectivity index (χ1v) is 7.94.